The van der Waals surface area contributed by atoms with Crippen LogP contribution >= 0.6 is 11.8 Å². The van der Waals surface area contributed by atoms with Gasteiger partial charge in [-0.05, 0) is 24.6 Å². The molecule has 0 saturated heterocycles. The van der Waals surface area contributed by atoms with Gasteiger partial charge in [-0.1, -0.05) is 12.1 Å². The van der Waals surface area contributed by atoms with Crippen molar-refractivity contribution >= 4 is 23.6 Å². The number of hydrogen-bond acceptors (Lipinski definition) is 3. The first kappa shape index (κ1) is 14.5. The van der Waals surface area contributed by atoms with Crippen molar-refractivity contribution in [2.24, 2.45) is 0 Å². The molecule has 0 unspecified atom stereocenters. The lowest BCUT2D eigenvalue weighted by Crippen LogP contribution is -2.39. The fourth-order valence-electron chi connectivity index (χ4n) is 1.19. The topological polar surface area (TPSA) is 66.4 Å². The fourth-order valence-corrected chi connectivity index (χ4v) is 1.99. The molecule has 0 aliphatic rings. The smallest absolute Gasteiger partial charge is 0.325 e. The number of benzene rings is 1. The van der Waals surface area contributed by atoms with E-state index in [-0.39, 0.29) is 17.5 Å². The van der Waals surface area contributed by atoms with Crippen molar-refractivity contribution in [1.82, 2.24) is 5.32 Å². The largest absolute Gasteiger partial charge is 0.480 e. The first-order valence-electron chi connectivity index (χ1n) is 5.33. The number of nitrogens with one attached hydrogen (secondary N) is 1. The van der Waals surface area contributed by atoms with E-state index in [1.54, 1.807) is 12.1 Å². The molecule has 1 aromatic rings. The number of rotatable bonds is 6. The van der Waals surface area contributed by atoms with E-state index >= 15 is 0 Å². The van der Waals surface area contributed by atoms with Crippen LogP contribution < -0.4 is 5.32 Å². The second-order valence-corrected chi connectivity index (χ2v) is 4.73. The molecule has 0 bridgehead atoms. The van der Waals surface area contributed by atoms with E-state index in [0.29, 0.717) is 5.75 Å². The Hall–Kier alpha value is -1.56. The number of hydrogen-bond donors (Lipinski definition) is 2. The third-order valence-electron chi connectivity index (χ3n) is 2.16. The number of carboxylic acid groups (broad SMARTS) is 1. The molecule has 0 aliphatic carbocycles. The molecule has 0 aromatic heterocycles. The van der Waals surface area contributed by atoms with E-state index in [2.05, 4.69) is 5.32 Å². The lowest BCUT2D eigenvalue weighted by Gasteiger charge is -2.08. The van der Waals surface area contributed by atoms with Gasteiger partial charge in [0.25, 0.3) is 0 Å². The van der Waals surface area contributed by atoms with Crippen LogP contribution in [-0.4, -0.2) is 28.8 Å². The molecule has 0 saturated carbocycles. The second-order valence-electron chi connectivity index (χ2n) is 3.75. The summed E-state index contributed by atoms with van der Waals surface area (Å²) in [5.41, 5.74) is 0.917. The Balaban J connectivity index is 2.27. The number of carboxylic acids is 1. The van der Waals surface area contributed by atoms with E-state index in [0.717, 1.165) is 5.56 Å². The van der Waals surface area contributed by atoms with Gasteiger partial charge in [-0.2, -0.15) is 0 Å². The average Bonchev–Trinajstić information content (AvgIpc) is 2.31. The van der Waals surface area contributed by atoms with Crippen molar-refractivity contribution in [3.05, 3.63) is 35.6 Å². The Morgan fingerprint density at radius 3 is 2.56 bits per heavy atom. The Morgan fingerprint density at radius 2 is 2.00 bits per heavy atom. The van der Waals surface area contributed by atoms with Crippen molar-refractivity contribution in [1.29, 1.82) is 0 Å². The second kappa shape index (κ2) is 7.00. The molecule has 98 valence electrons. The number of carbonyl (C=O) groups is 2. The molecular formula is C12H14FNO3S. The van der Waals surface area contributed by atoms with Crippen molar-refractivity contribution < 1.29 is 19.1 Å². The SMILES string of the molecule is C[C@H](NC(=O)CSCc1ccc(F)cc1)C(=O)O. The van der Waals surface area contributed by atoms with Gasteiger partial charge in [-0.25, -0.2) is 4.39 Å². The molecule has 1 rings (SSSR count). The number of amides is 1. The summed E-state index contributed by atoms with van der Waals surface area (Å²) >= 11 is 1.35. The van der Waals surface area contributed by atoms with E-state index in [1.807, 2.05) is 0 Å². The molecule has 0 aliphatic heterocycles. The zero-order valence-electron chi connectivity index (χ0n) is 9.85. The quantitative estimate of drug-likeness (QED) is 0.825. The highest BCUT2D eigenvalue weighted by molar-refractivity contribution is 7.99. The van der Waals surface area contributed by atoms with Crippen LogP contribution in [0.1, 0.15) is 12.5 Å². The van der Waals surface area contributed by atoms with Gasteiger partial charge in [0.1, 0.15) is 11.9 Å². The third-order valence-corrected chi connectivity index (χ3v) is 3.17. The van der Waals surface area contributed by atoms with Crippen LogP contribution in [0.25, 0.3) is 0 Å². The molecule has 18 heavy (non-hydrogen) atoms. The molecule has 0 spiro atoms. The standard InChI is InChI=1S/C12H14FNO3S/c1-8(12(16)17)14-11(15)7-18-6-9-2-4-10(13)5-3-9/h2-5,8H,6-7H2,1H3,(H,14,15)(H,16,17)/t8-/m0/s1. The van der Waals surface area contributed by atoms with Gasteiger partial charge in [0, 0.05) is 5.75 Å². The Labute approximate surface area is 109 Å². The maximum absolute atomic E-state index is 12.6. The van der Waals surface area contributed by atoms with E-state index in [9.17, 15) is 14.0 Å². The monoisotopic (exact) mass is 271 g/mol. The minimum absolute atomic E-state index is 0.176. The van der Waals surface area contributed by atoms with E-state index < -0.39 is 12.0 Å². The summed E-state index contributed by atoms with van der Waals surface area (Å²) in [7, 11) is 0. The lowest BCUT2D eigenvalue weighted by molar-refractivity contribution is -0.140. The van der Waals surface area contributed by atoms with Gasteiger partial charge in [0.15, 0.2) is 0 Å². The van der Waals surface area contributed by atoms with Crippen molar-refractivity contribution in [3.8, 4) is 0 Å². The van der Waals surface area contributed by atoms with Crippen LogP contribution in [0.3, 0.4) is 0 Å². The fraction of sp³-hybridized carbons (Fsp3) is 0.333. The van der Waals surface area contributed by atoms with Crippen LogP contribution in [0, 0.1) is 5.82 Å². The molecule has 1 atom stereocenters. The van der Waals surface area contributed by atoms with Gasteiger partial charge in [-0.15, -0.1) is 11.8 Å². The molecule has 1 amide bonds. The molecule has 0 heterocycles. The van der Waals surface area contributed by atoms with Gasteiger partial charge >= 0.3 is 5.97 Å². The summed E-state index contributed by atoms with van der Waals surface area (Å²) in [6, 6.07) is 5.15. The van der Waals surface area contributed by atoms with Gasteiger partial charge in [-0.3, -0.25) is 9.59 Å². The van der Waals surface area contributed by atoms with Crippen molar-refractivity contribution in [3.63, 3.8) is 0 Å². The number of carbonyl (C=O) groups excluding carboxylic acids is 1. The van der Waals surface area contributed by atoms with Crippen LogP contribution in [0.2, 0.25) is 0 Å². The summed E-state index contributed by atoms with van der Waals surface area (Å²) in [6.45, 7) is 1.41. The minimum Gasteiger partial charge on any atom is -0.480 e. The van der Waals surface area contributed by atoms with Crippen molar-refractivity contribution in [2.45, 2.75) is 18.7 Å². The summed E-state index contributed by atoms with van der Waals surface area (Å²) in [5.74, 6) is -0.926. The maximum Gasteiger partial charge on any atom is 0.325 e. The Bertz CT molecular complexity index is 422. The van der Waals surface area contributed by atoms with Crippen LogP contribution in [0.4, 0.5) is 4.39 Å². The van der Waals surface area contributed by atoms with Crippen LogP contribution in [0.15, 0.2) is 24.3 Å². The van der Waals surface area contributed by atoms with E-state index in [4.69, 9.17) is 5.11 Å². The maximum atomic E-state index is 12.6. The highest BCUT2D eigenvalue weighted by Gasteiger charge is 2.13. The molecule has 0 radical (unpaired) electrons. The highest BCUT2D eigenvalue weighted by atomic mass is 32.2. The molecule has 2 N–H and O–H groups in total. The highest BCUT2D eigenvalue weighted by Crippen LogP contribution is 2.12. The van der Waals surface area contributed by atoms with Gasteiger partial charge < -0.3 is 10.4 Å². The number of aliphatic carboxylic acids is 1. The van der Waals surface area contributed by atoms with E-state index in [1.165, 1.54) is 30.8 Å². The molecule has 6 heteroatoms. The van der Waals surface area contributed by atoms with Gasteiger partial charge in [0.05, 0.1) is 5.75 Å². The summed E-state index contributed by atoms with van der Waals surface area (Å²) in [4.78, 5) is 21.9. The Kier molecular flexibility index (Phi) is 5.64. The summed E-state index contributed by atoms with van der Waals surface area (Å²) < 4.78 is 12.6. The predicted molar refractivity (Wildman–Crippen MR) is 67.8 cm³/mol. The van der Waals surface area contributed by atoms with Crippen LogP contribution in [-0.2, 0) is 15.3 Å². The summed E-state index contributed by atoms with van der Waals surface area (Å²) in [5, 5.41) is 11.0. The zero-order valence-corrected chi connectivity index (χ0v) is 10.7. The molecular weight excluding hydrogens is 257 g/mol. The normalized spacial score (nSPS) is 11.9. The predicted octanol–water partition coefficient (Wildman–Crippen LogP) is 1.65. The average molecular weight is 271 g/mol. The number of halogens is 1. The van der Waals surface area contributed by atoms with Crippen LogP contribution in [0.5, 0.6) is 0 Å². The molecule has 0 fully saturated rings. The number of thioether (sulfide) groups is 1. The molecule has 4 nitrogen and oxygen atoms in total. The Morgan fingerprint density at radius 1 is 1.39 bits per heavy atom. The first-order chi connectivity index (χ1) is 8.49. The minimum atomic E-state index is -1.06. The summed E-state index contributed by atoms with van der Waals surface area (Å²) in [6.07, 6.45) is 0. The van der Waals surface area contributed by atoms with Gasteiger partial charge in [0.2, 0.25) is 5.91 Å². The zero-order chi connectivity index (χ0) is 13.5. The third kappa shape index (κ3) is 5.18. The lowest BCUT2D eigenvalue weighted by atomic mass is 10.2. The first-order valence-corrected chi connectivity index (χ1v) is 6.49. The van der Waals surface area contributed by atoms with Crippen molar-refractivity contribution in [2.75, 3.05) is 5.75 Å². The molecule has 1 aromatic carbocycles.